The van der Waals surface area contributed by atoms with Crippen molar-refractivity contribution in [3.8, 4) is 5.95 Å². The lowest BCUT2D eigenvalue weighted by Gasteiger charge is -2.15. The third kappa shape index (κ3) is 3.10. The number of nitrogens with zero attached hydrogens (tertiary/aromatic N) is 5. The highest BCUT2D eigenvalue weighted by molar-refractivity contribution is 5.93. The van der Waals surface area contributed by atoms with Crippen LogP contribution in [0.3, 0.4) is 0 Å². The molecule has 0 saturated carbocycles. The van der Waals surface area contributed by atoms with Crippen LogP contribution < -0.4 is 11.1 Å². The molecule has 6 aromatic rings. The van der Waals surface area contributed by atoms with Crippen molar-refractivity contribution in [1.29, 1.82) is 0 Å². The summed E-state index contributed by atoms with van der Waals surface area (Å²) in [5.74, 6) is 0.243. The molecule has 0 aliphatic carbocycles. The van der Waals surface area contributed by atoms with Crippen LogP contribution in [-0.2, 0) is 0 Å². The zero-order chi connectivity index (χ0) is 24.8. The lowest BCUT2D eigenvalue weighted by Crippen LogP contribution is -2.29. The summed E-state index contributed by atoms with van der Waals surface area (Å²) in [6.45, 7) is 7.71. The highest BCUT2D eigenvalue weighted by Gasteiger charge is 2.20. The first-order valence-electron chi connectivity index (χ1n) is 11.3. The standard InChI is InChI=1S/C29H19N5O2/c1-3-11-18(4-2)25-19-12-5-8-15-22(19)30-28(32-25)34-27(36)21-14-7-10-17-24(21)33-26(35)20-13-6-9-16-23(20)31-29(33)34/h3-17H,1-2H2/b18-11+. The van der Waals surface area contributed by atoms with Crippen LogP contribution in [0.5, 0.6) is 0 Å². The number of para-hydroxylation sites is 3. The fourth-order valence-electron chi connectivity index (χ4n) is 4.48. The smallest absolute Gasteiger partial charge is 0.268 e. The first-order chi connectivity index (χ1) is 17.6. The molecule has 3 aromatic heterocycles. The van der Waals surface area contributed by atoms with Crippen LogP contribution in [0.15, 0.2) is 114 Å². The van der Waals surface area contributed by atoms with Gasteiger partial charge in [0, 0.05) is 11.0 Å². The monoisotopic (exact) mass is 469 g/mol. The minimum atomic E-state index is -0.373. The Bertz CT molecular complexity index is 2030. The topological polar surface area (TPSA) is 82.1 Å². The van der Waals surface area contributed by atoms with E-state index in [2.05, 4.69) is 13.2 Å². The van der Waals surface area contributed by atoms with Gasteiger partial charge in [-0.05, 0) is 30.3 Å². The maximum Gasteiger partial charge on any atom is 0.269 e. The Morgan fingerprint density at radius 2 is 1.36 bits per heavy atom. The summed E-state index contributed by atoms with van der Waals surface area (Å²) in [6.07, 6.45) is 5.12. The second kappa shape index (κ2) is 8.25. The zero-order valence-corrected chi connectivity index (χ0v) is 19.1. The van der Waals surface area contributed by atoms with Gasteiger partial charge in [-0.3, -0.25) is 9.59 Å². The van der Waals surface area contributed by atoms with Gasteiger partial charge in [0.25, 0.3) is 11.1 Å². The minimum Gasteiger partial charge on any atom is -0.268 e. The molecular formula is C29H19N5O2. The van der Waals surface area contributed by atoms with Crippen LogP contribution in [0, 0.1) is 0 Å². The molecule has 0 aliphatic rings. The van der Waals surface area contributed by atoms with Crippen molar-refractivity contribution >= 4 is 44.1 Å². The lowest BCUT2D eigenvalue weighted by atomic mass is 10.1. The van der Waals surface area contributed by atoms with Crippen molar-refractivity contribution in [3.05, 3.63) is 131 Å². The third-order valence-electron chi connectivity index (χ3n) is 6.12. The van der Waals surface area contributed by atoms with E-state index in [4.69, 9.17) is 15.0 Å². The van der Waals surface area contributed by atoms with Gasteiger partial charge in [0.05, 0.1) is 33.0 Å². The molecule has 0 aliphatic heterocycles. The molecule has 0 bridgehead atoms. The average Bonchev–Trinajstić information content (AvgIpc) is 2.91. The van der Waals surface area contributed by atoms with Crippen LogP contribution in [0.25, 0.3) is 50.0 Å². The van der Waals surface area contributed by atoms with Crippen molar-refractivity contribution in [1.82, 2.24) is 23.9 Å². The van der Waals surface area contributed by atoms with Crippen molar-refractivity contribution in [2.45, 2.75) is 0 Å². The van der Waals surface area contributed by atoms with Crippen molar-refractivity contribution < 1.29 is 0 Å². The number of benzene rings is 3. The van der Waals surface area contributed by atoms with Gasteiger partial charge in [-0.2, -0.15) is 0 Å². The molecule has 6 rings (SSSR count). The van der Waals surface area contributed by atoms with Crippen LogP contribution in [0.4, 0.5) is 0 Å². The zero-order valence-electron chi connectivity index (χ0n) is 19.1. The van der Waals surface area contributed by atoms with Crippen molar-refractivity contribution in [2.24, 2.45) is 0 Å². The van der Waals surface area contributed by atoms with Crippen molar-refractivity contribution in [3.63, 3.8) is 0 Å². The van der Waals surface area contributed by atoms with Gasteiger partial charge in [0.1, 0.15) is 0 Å². The van der Waals surface area contributed by atoms with E-state index in [1.807, 2.05) is 24.3 Å². The molecule has 7 nitrogen and oxygen atoms in total. The maximum absolute atomic E-state index is 13.9. The van der Waals surface area contributed by atoms with E-state index in [-0.39, 0.29) is 22.8 Å². The Kier molecular flexibility index (Phi) is 4.90. The van der Waals surface area contributed by atoms with Gasteiger partial charge >= 0.3 is 0 Å². The molecule has 0 amide bonds. The van der Waals surface area contributed by atoms with Gasteiger partial charge < -0.3 is 0 Å². The van der Waals surface area contributed by atoms with Crippen molar-refractivity contribution in [2.75, 3.05) is 0 Å². The lowest BCUT2D eigenvalue weighted by molar-refractivity contribution is 0.878. The van der Waals surface area contributed by atoms with E-state index in [1.165, 1.54) is 8.97 Å². The predicted octanol–water partition coefficient (Wildman–Crippen LogP) is 4.85. The number of hydrogen-bond donors (Lipinski definition) is 0. The predicted molar refractivity (Wildman–Crippen MR) is 144 cm³/mol. The molecule has 0 N–H and O–H groups in total. The van der Waals surface area contributed by atoms with E-state index in [0.717, 1.165) is 11.0 Å². The molecule has 0 unspecified atom stereocenters. The summed E-state index contributed by atoms with van der Waals surface area (Å²) in [4.78, 5) is 41.8. The van der Waals surface area contributed by atoms with E-state index >= 15 is 0 Å². The average molecular weight is 470 g/mol. The Balaban J connectivity index is 1.85. The Hall–Kier alpha value is -5.17. The van der Waals surface area contributed by atoms with Crippen LogP contribution in [-0.4, -0.2) is 23.9 Å². The van der Waals surface area contributed by atoms with Gasteiger partial charge in [0.15, 0.2) is 0 Å². The SMILES string of the molecule is C=C/C=C(\C=C)c1nc(-n2c(=O)c3ccccc3n3c(=O)c4ccccc4nc23)nc2ccccc12. The van der Waals surface area contributed by atoms with E-state index in [9.17, 15) is 9.59 Å². The molecule has 36 heavy (non-hydrogen) atoms. The summed E-state index contributed by atoms with van der Waals surface area (Å²) in [5.41, 5.74) is 2.24. The van der Waals surface area contributed by atoms with Gasteiger partial charge in [-0.15, -0.1) is 0 Å². The molecule has 3 heterocycles. The quantitative estimate of drug-likeness (QED) is 0.209. The first kappa shape index (κ1) is 21.4. The van der Waals surface area contributed by atoms with Crippen LogP contribution in [0.1, 0.15) is 5.69 Å². The normalized spacial score (nSPS) is 11.9. The number of aromatic nitrogens is 5. The molecule has 3 aromatic carbocycles. The molecule has 172 valence electrons. The molecule has 0 radical (unpaired) electrons. The fraction of sp³-hybridized carbons (Fsp3) is 0. The maximum atomic E-state index is 13.9. The number of fused-ring (bicyclic) bond motifs is 5. The fourth-order valence-corrected chi connectivity index (χ4v) is 4.48. The molecule has 7 heteroatoms. The van der Waals surface area contributed by atoms with Crippen LogP contribution >= 0.6 is 0 Å². The first-order valence-corrected chi connectivity index (χ1v) is 11.3. The van der Waals surface area contributed by atoms with E-state index in [1.54, 1.807) is 66.8 Å². The Labute approximate surface area is 204 Å². The van der Waals surface area contributed by atoms with Gasteiger partial charge in [0.2, 0.25) is 11.7 Å². The number of allylic oxidation sites excluding steroid dienone is 4. The summed E-state index contributed by atoms with van der Waals surface area (Å²) in [5, 5.41) is 1.60. The second-order valence-corrected chi connectivity index (χ2v) is 8.18. The molecule has 0 saturated heterocycles. The number of rotatable bonds is 4. The molecular weight excluding hydrogens is 450 g/mol. The summed E-state index contributed by atoms with van der Waals surface area (Å²) in [7, 11) is 0. The summed E-state index contributed by atoms with van der Waals surface area (Å²) >= 11 is 0. The minimum absolute atomic E-state index is 0.107. The third-order valence-corrected chi connectivity index (χ3v) is 6.12. The van der Waals surface area contributed by atoms with Gasteiger partial charge in [-0.1, -0.05) is 73.9 Å². The van der Waals surface area contributed by atoms with Gasteiger partial charge in [-0.25, -0.2) is 23.9 Å². The Morgan fingerprint density at radius 3 is 2.08 bits per heavy atom. The highest BCUT2D eigenvalue weighted by atomic mass is 16.1. The van der Waals surface area contributed by atoms with E-state index < -0.39 is 0 Å². The summed E-state index contributed by atoms with van der Waals surface area (Å²) in [6, 6.07) is 21.5. The summed E-state index contributed by atoms with van der Waals surface area (Å²) < 4.78 is 2.76. The Morgan fingerprint density at radius 1 is 0.722 bits per heavy atom. The molecule has 0 spiro atoms. The number of hydrogen-bond acceptors (Lipinski definition) is 5. The second-order valence-electron chi connectivity index (χ2n) is 8.18. The highest BCUT2D eigenvalue weighted by Crippen LogP contribution is 2.25. The largest absolute Gasteiger partial charge is 0.269 e. The molecule has 0 fully saturated rings. The van der Waals surface area contributed by atoms with E-state index in [0.29, 0.717) is 33.0 Å². The van der Waals surface area contributed by atoms with Crippen LogP contribution in [0.2, 0.25) is 0 Å². The molecule has 0 atom stereocenters.